The lowest BCUT2D eigenvalue weighted by atomic mass is 9.33. The number of ketones is 1. The number of aromatic nitrogens is 2. The van der Waals surface area contributed by atoms with E-state index in [1.807, 2.05) is 84.5 Å². The molecule has 292 valence electrons. The molecule has 1 aromatic heterocycles. The summed E-state index contributed by atoms with van der Waals surface area (Å²) in [5.41, 5.74) is 1.75. The first-order valence-electron chi connectivity index (χ1n) is 20.7. The number of esters is 2. The zero-order chi connectivity index (χ0) is 39.2. The fourth-order valence-corrected chi connectivity index (χ4v) is 13.5. The van der Waals surface area contributed by atoms with Crippen LogP contribution in [0.1, 0.15) is 128 Å². The van der Waals surface area contributed by atoms with Gasteiger partial charge in [0.2, 0.25) is 0 Å². The van der Waals surface area contributed by atoms with Crippen molar-refractivity contribution in [3.8, 4) is 0 Å². The molecule has 7 nitrogen and oxygen atoms in total. The first kappa shape index (κ1) is 37.9. The Morgan fingerprint density at radius 2 is 1.44 bits per heavy atom. The van der Waals surface area contributed by atoms with E-state index in [2.05, 4.69) is 47.6 Å². The highest BCUT2D eigenvalue weighted by Crippen LogP contribution is 2.76. The van der Waals surface area contributed by atoms with E-state index >= 15 is 4.79 Å². The van der Waals surface area contributed by atoms with E-state index in [4.69, 9.17) is 14.6 Å². The molecule has 4 saturated carbocycles. The zero-order valence-corrected chi connectivity index (χ0v) is 34.2. The predicted octanol–water partition coefficient (Wildman–Crippen LogP) is 10.2. The number of hydrogen-bond donors (Lipinski definition) is 0. The van der Waals surface area contributed by atoms with Gasteiger partial charge < -0.3 is 9.47 Å². The van der Waals surface area contributed by atoms with Gasteiger partial charge >= 0.3 is 11.9 Å². The summed E-state index contributed by atoms with van der Waals surface area (Å²) in [6.07, 6.45) is 11.1. The molecule has 8 rings (SSSR count). The maximum atomic E-state index is 15.1. The summed E-state index contributed by atoms with van der Waals surface area (Å²) in [5, 5.41) is 4.70. The van der Waals surface area contributed by atoms with Gasteiger partial charge in [-0.25, -0.2) is 0 Å². The molecule has 0 bridgehead atoms. The van der Waals surface area contributed by atoms with Crippen molar-refractivity contribution in [2.75, 3.05) is 7.11 Å². The molecule has 7 heteroatoms. The second-order valence-corrected chi connectivity index (χ2v) is 19.6. The molecule has 0 radical (unpaired) electrons. The van der Waals surface area contributed by atoms with Crippen molar-refractivity contribution in [3.63, 3.8) is 0 Å². The van der Waals surface area contributed by atoms with Crippen LogP contribution in [0.15, 0.2) is 84.6 Å². The topological polar surface area (TPSA) is 87.5 Å². The lowest BCUT2D eigenvalue weighted by Crippen LogP contribution is -2.67. The second kappa shape index (κ2) is 13.0. The lowest BCUT2D eigenvalue weighted by molar-refractivity contribution is -0.207. The third kappa shape index (κ3) is 5.40. The number of carbonyl (C=O) groups is 3. The lowest BCUT2D eigenvalue weighted by Gasteiger charge is -2.70. The monoisotopic (exact) mass is 744 g/mol. The minimum Gasteiger partial charge on any atom is -0.469 e. The summed E-state index contributed by atoms with van der Waals surface area (Å²) >= 11 is 0. The molecule has 0 saturated heterocycles. The molecule has 55 heavy (non-hydrogen) atoms. The Balaban J connectivity index is 1.14. The first-order chi connectivity index (χ1) is 26.1. The molecule has 1 heterocycles. The number of allylic oxidation sites excluding steroid dienone is 2. The van der Waals surface area contributed by atoms with Crippen LogP contribution >= 0.6 is 0 Å². The van der Waals surface area contributed by atoms with Crippen molar-refractivity contribution in [2.45, 2.75) is 118 Å². The fourth-order valence-electron chi connectivity index (χ4n) is 13.5. The largest absolute Gasteiger partial charge is 0.469 e. The van der Waals surface area contributed by atoms with Gasteiger partial charge in [0.1, 0.15) is 0 Å². The average molecular weight is 745 g/mol. The zero-order valence-electron chi connectivity index (χ0n) is 34.2. The van der Waals surface area contributed by atoms with Crippen molar-refractivity contribution >= 4 is 17.7 Å². The number of benzene rings is 2. The summed E-state index contributed by atoms with van der Waals surface area (Å²) in [4.78, 5) is 43.8. The molecule has 10 atom stereocenters. The van der Waals surface area contributed by atoms with E-state index in [1.165, 1.54) is 12.7 Å². The van der Waals surface area contributed by atoms with Gasteiger partial charge in [0.05, 0.1) is 24.0 Å². The van der Waals surface area contributed by atoms with Gasteiger partial charge in [0.25, 0.3) is 0 Å². The molecule has 0 N–H and O–H groups in total. The number of ether oxygens (including phenoxy) is 2. The molecule has 0 aliphatic heterocycles. The first-order valence-corrected chi connectivity index (χ1v) is 20.7. The van der Waals surface area contributed by atoms with Crippen LogP contribution < -0.4 is 0 Å². The number of rotatable bonds is 6. The molecule has 0 unspecified atom stereocenters. The molecule has 4 fully saturated rings. The highest BCUT2D eigenvalue weighted by molar-refractivity contribution is 5.96. The van der Waals surface area contributed by atoms with Crippen LogP contribution in [0, 0.1) is 57.2 Å². The van der Waals surface area contributed by atoms with Crippen molar-refractivity contribution in [1.82, 2.24) is 9.78 Å². The van der Waals surface area contributed by atoms with Crippen molar-refractivity contribution in [1.29, 1.82) is 0 Å². The Kier molecular flexibility index (Phi) is 8.98. The fraction of sp³-hybridized carbons (Fsp3) is 0.583. The number of hydrogen-bond acceptors (Lipinski definition) is 6. The van der Waals surface area contributed by atoms with Gasteiger partial charge in [0.15, 0.2) is 11.9 Å². The molecule has 3 aromatic rings. The summed E-state index contributed by atoms with van der Waals surface area (Å²) in [7, 11) is 1.50. The van der Waals surface area contributed by atoms with Crippen LogP contribution in [0.2, 0.25) is 0 Å². The van der Waals surface area contributed by atoms with Crippen LogP contribution in [0.4, 0.5) is 0 Å². The average Bonchev–Trinajstić information content (AvgIpc) is 3.60. The van der Waals surface area contributed by atoms with Gasteiger partial charge in [-0.2, -0.15) is 5.10 Å². The van der Waals surface area contributed by atoms with E-state index in [9.17, 15) is 9.59 Å². The Morgan fingerprint density at radius 1 is 0.800 bits per heavy atom. The van der Waals surface area contributed by atoms with E-state index in [1.54, 1.807) is 0 Å². The molecule has 5 aliphatic rings. The smallest absolute Gasteiger partial charge is 0.314 e. The van der Waals surface area contributed by atoms with E-state index < -0.39 is 22.3 Å². The highest BCUT2D eigenvalue weighted by Gasteiger charge is 2.72. The van der Waals surface area contributed by atoms with Gasteiger partial charge in [-0.05, 0) is 135 Å². The van der Waals surface area contributed by atoms with E-state index in [-0.39, 0.29) is 57.8 Å². The Labute approximate surface area is 327 Å². The summed E-state index contributed by atoms with van der Waals surface area (Å²) in [6.45, 7) is 15.8. The number of fused-ring (bicyclic) bond motifs is 7. The third-order valence-corrected chi connectivity index (χ3v) is 16.9. The number of aryl methyl sites for hydroxylation is 1. The Morgan fingerprint density at radius 3 is 2.04 bits per heavy atom. The van der Waals surface area contributed by atoms with Crippen LogP contribution in [-0.2, 0) is 23.9 Å². The maximum absolute atomic E-state index is 15.1. The van der Waals surface area contributed by atoms with Crippen molar-refractivity contribution < 1.29 is 23.9 Å². The number of methoxy groups -OCH3 is 1. The summed E-state index contributed by atoms with van der Waals surface area (Å²) in [6, 6.07) is 21.9. The van der Waals surface area contributed by atoms with Gasteiger partial charge in [-0.3, -0.25) is 19.1 Å². The van der Waals surface area contributed by atoms with Crippen LogP contribution in [0.5, 0.6) is 0 Å². The Hall–Kier alpha value is -4.00. The van der Waals surface area contributed by atoms with Crippen molar-refractivity contribution in [2.24, 2.45) is 50.2 Å². The quantitative estimate of drug-likeness (QED) is 0.234. The van der Waals surface area contributed by atoms with Crippen LogP contribution in [0.3, 0.4) is 0 Å². The molecule has 2 aromatic carbocycles. The third-order valence-electron chi connectivity index (χ3n) is 16.9. The predicted molar refractivity (Wildman–Crippen MR) is 213 cm³/mol. The SMILES string of the molecule is COC(=O)[C@]1(C)[C@@H](n2nccc2C)CC[C@@]2(C)[C@H]1CC[C@]1(C)[C@@H]2C(=O)C=C2[C@@H]3C[C@@](C)(C(=O)OC(c4ccccc4)c4ccccc4)CC[C@]3(C)CC[C@]21C. The summed E-state index contributed by atoms with van der Waals surface area (Å²) in [5.74, 6) is -0.338. The molecule has 0 amide bonds. The number of nitrogens with zero attached hydrogens (tertiary/aromatic N) is 2. The highest BCUT2D eigenvalue weighted by atomic mass is 16.5. The normalized spacial score (nSPS) is 39.5. The van der Waals surface area contributed by atoms with Gasteiger partial charge in [0, 0.05) is 17.8 Å². The standard InChI is InChI=1S/C48H60N2O5/c1-31-21-28-49-50(31)38-20-22-45(4)37(48(38,7)42(53)54-8)19-23-47(6)40(45)36(51)29-34-35-30-44(3,25-24-43(35,2)26-27-46(34,47)5)41(52)55-39(32-15-11-9-12-16-32)33-17-13-10-14-18-33/h9-18,21,28-29,35,37-40H,19-20,22-27,30H2,1-8H3/t35-,37+,38-,40+,43+,44-,45-,46+,47+,48-/m0/s1. The van der Waals surface area contributed by atoms with E-state index in [0.717, 1.165) is 68.2 Å². The van der Waals surface area contributed by atoms with Crippen molar-refractivity contribution in [3.05, 3.63) is 101 Å². The molecule has 5 aliphatic carbocycles. The molecular formula is C48H60N2O5. The minimum absolute atomic E-state index is 0.00286. The minimum atomic E-state index is -0.834. The van der Waals surface area contributed by atoms with Crippen LogP contribution in [-0.4, -0.2) is 34.6 Å². The number of carbonyl (C=O) groups excluding carboxylic acids is 3. The Bertz CT molecular complexity index is 1980. The van der Waals surface area contributed by atoms with Gasteiger partial charge in [-0.1, -0.05) is 93.9 Å². The van der Waals surface area contributed by atoms with Gasteiger partial charge in [-0.15, -0.1) is 0 Å². The molecule has 0 spiro atoms. The maximum Gasteiger partial charge on any atom is 0.314 e. The van der Waals surface area contributed by atoms with Crippen LogP contribution in [0.25, 0.3) is 0 Å². The summed E-state index contributed by atoms with van der Waals surface area (Å²) < 4.78 is 14.2. The molecular weight excluding hydrogens is 685 g/mol. The second-order valence-electron chi connectivity index (χ2n) is 19.6. The van der Waals surface area contributed by atoms with E-state index in [0.29, 0.717) is 6.42 Å².